The fourth-order valence-electron chi connectivity index (χ4n) is 5.03. The topological polar surface area (TPSA) is 32.3 Å². The van der Waals surface area contributed by atoms with E-state index >= 15 is 0 Å². The van der Waals surface area contributed by atoms with E-state index in [-0.39, 0.29) is 0 Å². The van der Waals surface area contributed by atoms with Crippen LogP contribution >= 0.6 is 24.8 Å². The molecule has 0 rings (SSSR count). The largest absolute Gasteiger partial charge is 0.396 e. The van der Waals surface area contributed by atoms with Gasteiger partial charge in [-0.15, -0.1) is 12.6 Å². The van der Waals surface area contributed by atoms with E-state index < -0.39 is 0 Å². The van der Waals surface area contributed by atoms with Gasteiger partial charge in [0.2, 0.25) is 0 Å². The highest BCUT2D eigenvalue weighted by Crippen LogP contribution is 2.16. The molecule has 2 N–H and O–H groups in total. The van der Waals surface area contributed by atoms with Crippen molar-refractivity contribution in [2.75, 3.05) is 13.2 Å². The summed E-state index contributed by atoms with van der Waals surface area (Å²) < 4.78 is 0.626. The number of unbranched alkanes of at least 4 members (excludes halogenated alkanes) is 27. The predicted octanol–water partition coefficient (Wildman–Crippen LogP) is 10.7. The lowest BCUT2D eigenvalue weighted by Crippen LogP contribution is -2.17. The first-order valence-electron chi connectivity index (χ1n) is 15.8. The highest BCUT2D eigenvalue weighted by atomic mass is 32.1. The Labute approximate surface area is 232 Å². The van der Waals surface area contributed by atoms with Crippen LogP contribution < -0.4 is 5.32 Å². The van der Waals surface area contributed by atoms with Crippen molar-refractivity contribution in [3.8, 4) is 0 Å². The van der Waals surface area contributed by atoms with Gasteiger partial charge in [-0.25, -0.2) is 0 Å². The minimum absolute atomic E-state index is 0.370. The van der Waals surface area contributed by atoms with E-state index in [4.69, 9.17) is 17.3 Å². The summed E-state index contributed by atoms with van der Waals surface area (Å²) >= 11 is 8.97. The fourth-order valence-corrected chi connectivity index (χ4v) is 5.24. The third kappa shape index (κ3) is 34.2. The van der Waals surface area contributed by atoms with Crippen LogP contribution in [-0.4, -0.2) is 22.6 Å². The summed E-state index contributed by atoms with van der Waals surface area (Å²) in [6.45, 7) is 1.35. The maximum atomic E-state index is 8.77. The van der Waals surface area contributed by atoms with Gasteiger partial charge in [-0.05, 0) is 12.8 Å². The van der Waals surface area contributed by atoms with Crippen molar-refractivity contribution in [2.45, 2.75) is 180 Å². The molecule has 210 valence electrons. The molecule has 0 saturated heterocycles. The van der Waals surface area contributed by atoms with E-state index in [0.29, 0.717) is 10.9 Å². The fraction of sp³-hybridized carbons (Fsp3) is 0.968. The first-order chi connectivity index (χ1) is 17.3. The van der Waals surface area contributed by atoms with Crippen LogP contribution in [0, 0.1) is 0 Å². The van der Waals surface area contributed by atoms with Crippen molar-refractivity contribution in [1.82, 2.24) is 5.32 Å². The number of thiol groups is 1. The number of hydrogen-bond acceptors (Lipinski definition) is 2. The van der Waals surface area contributed by atoms with Gasteiger partial charge in [0.05, 0.1) is 0 Å². The average molecular weight is 530 g/mol. The van der Waals surface area contributed by atoms with Gasteiger partial charge in [0.15, 0.2) is 0 Å². The molecule has 0 amide bonds. The Hall–Kier alpha value is 0.200. The summed E-state index contributed by atoms with van der Waals surface area (Å²) in [5.74, 6) is 0. The molecule has 2 nitrogen and oxygen atoms in total. The van der Waals surface area contributed by atoms with Crippen LogP contribution in [0.5, 0.6) is 0 Å². The summed E-state index contributed by atoms with van der Waals surface area (Å²) in [5, 5.41) is 11.9. The molecule has 0 heterocycles. The maximum Gasteiger partial charge on any atom is 0.130 e. The Morgan fingerprint density at radius 1 is 0.400 bits per heavy atom. The molecule has 0 spiro atoms. The summed E-state index contributed by atoms with van der Waals surface area (Å²) in [5.41, 5.74) is 0. The Kier molecular flexibility index (Phi) is 32.4. The molecule has 0 aromatic heterocycles. The van der Waals surface area contributed by atoms with Gasteiger partial charge in [-0.1, -0.05) is 179 Å². The van der Waals surface area contributed by atoms with Gasteiger partial charge in [0.25, 0.3) is 0 Å². The molecule has 0 aromatic rings. The van der Waals surface area contributed by atoms with Crippen LogP contribution in [-0.2, 0) is 0 Å². The number of hydrogen-bond donors (Lipinski definition) is 3. The molecule has 0 fully saturated rings. The van der Waals surface area contributed by atoms with Crippen LogP contribution in [0.3, 0.4) is 0 Å². The summed E-state index contributed by atoms with van der Waals surface area (Å²) in [4.78, 5) is 0. The molecule has 0 unspecified atom stereocenters. The number of nitrogens with one attached hydrogen (secondary N) is 1. The lowest BCUT2D eigenvalue weighted by atomic mass is 10.0. The predicted molar refractivity (Wildman–Crippen MR) is 166 cm³/mol. The second-order valence-electron chi connectivity index (χ2n) is 10.9. The van der Waals surface area contributed by atoms with Crippen LogP contribution in [0.25, 0.3) is 0 Å². The van der Waals surface area contributed by atoms with Gasteiger partial charge in [-0.2, -0.15) is 0 Å². The van der Waals surface area contributed by atoms with Gasteiger partial charge < -0.3 is 10.4 Å². The van der Waals surface area contributed by atoms with Gasteiger partial charge >= 0.3 is 0 Å². The molecule has 0 atom stereocenters. The van der Waals surface area contributed by atoms with Gasteiger partial charge in [-0.3, -0.25) is 0 Å². The molecule has 0 bridgehead atoms. The average Bonchev–Trinajstić information content (AvgIpc) is 2.85. The van der Waals surface area contributed by atoms with Crippen molar-refractivity contribution >= 4 is 29.2 Å². The third-order valence-corrected chi connectivity index (χ3v) is 7.66. The molecule has 35 heavy (non-hydrogen) atoms. The monoisotopic (exact) mass is 529 g/mol. The molecule has 0 radical (unpaired) electrons. The van der Waals surface area contributed by atoms with E-state index in [1.807, 2.05) is 0 Å². The first kappa shape index (κ1) is 35.2. The zero-order chi connectivity index (χ0) is 25.5. The number of thiocarbonyl (C=S) groups is 1. The van der Waals surface area contributed by atoms with E-state index in [9.17, 15) is 0 Å². The van der Waals surface area contributed by atoms with Gasteiger partial charge in [0, 0.05) is 13.2 Å². The van der Waals surface area contributed by atoms with Crippen LogP contribution in [0.4, 0.5) is 0 Å². The number of aliphatic hydroxyl groups excluding tert-OH is 1. The molecule has 0 saturated carbocycles. The van der Waals surface area contributed by atoms with E-state index in [1.54, 1.807) is 0 Å². The third-order valence-electron chi connectivity index (χ3n) is 7.36. The van der Waals surface area contributed by atoms with Crippen molar-refractivity contribution in [3.05, 3.63) is 0 Å². The normalized spacial score (nSPS) is 11.3. The molecular weight excluding hydrogens is 466 g/mol. The Morgan fingerprint density at radius 3 is 0.800 bits per heavy atom. The molecule has 4 heteroatoms. The zero-order valence-corrected chi connectivity index (χ0v) is 25.2. The molecule has 0 aliphatic rings. The smallest absolute Gasteiger partial charge is 0.130 e. The van der Waals surface area contributed by atoms with Crippen molar-refractivity contribution in [3.63, 3.8) is 0 Å². The van der Waals surface area contributed by atoms with Crippen molar-refractivity contribution in [2.24, 2.45) is 0 Å². The standard InChI is InChI=1S/C31H63NOS2/c33-30-28-26-24-22-20-18-16-14-12-10-8-6-4-2-1-3-5-7-9-11-13-15-17-19-21-23-25-27-29-32-31(34)35/h33H,1-30H2,(H2,32,34,35). The zero-order valence-electron chi connectivity index (χ0n) is 23.5. The molecule has 0 aliphatic carbocycles. The summed E-state index contributed by atoms with van der Waals surface area (Å²) in [6.07, 6.45) is 39.2. The molecule has 0 aromatic carbocycles. The van der Waals surface area contributed by atoms with Crippen LogP contribution in [0.2, 0.25) is 0 Å². The Morgan fingerprint density at radius 2 is 0.600 bits per heavy atom. The second-order valence-corrected chi connectivity index (χ2v) is 12.0. The lowest BCUT2D eigenvalue weighted by molar-refractivity contribution is 0.282. The minimum Gasteiger partial charge on any atom is -0.396 e. The molecule has 0 aliphatic heterocycles. The summed E-state index contributed by atoms with van der Waals surface area (Å²) in [6, 6.07) is 0. The Bertz CT molecular complexity index is 405. The van der Waals surface area contributed by atoms with Crippen molar-refractivity contribution < 1.29 is 5.11 Å². The molecular formula is C31H63NOS2. The highest BCUT2D eigenvalue weighted by molar-refractivity contribution is 8.11. The first-order valence-corrected chi connectivity index (χ1v) is 16.7. The van der Waals surface area contributed by atoms with E-state index in [2.05, 4.69) is 17.9 Å². The van der Waals surface area contributed by atoms with Crippen LogP contribution in [0.1, 0.15) is 180 Å². The second kappa shape index (κ2) is 32.2. The summed E-state index contributed by atoms with van der Waals surface area (Å²) in [7, 11) is 0. The van der Waals surface area contributed by atoms with Crippen molar-refractivity contribution in [1.29, 1.82) is 0 Å². The maximum absolute atomic E-state index is 8.77. The highest BCUT2D eigenvalue weighted by Gasteiger charge is 1.97. The Balaban J connectivity index is 3.01. The van der Waals surface area contributed by atoms with E-state index in [1.165, 1.54) is 173 Å². The van der Waals surface area contributed by atoms with E-state index in [0.717, 1.165) is 13.0 Å². The lowest BCUT2D eigenvalue weighted by Gasteiger charge is -2.05. The number of aliphatic hydroxyl groups is 1. The SMILES string of the molecule is OCCCCCCCCCCCCCCCCCCCCCCCCCCCCCCNC(=S)S. The minimum atomic E-state index is 0.370. The van der Waals surface area contributed by atoms with Crippen LogP contribution in [0.15, 0.2) is 0 Å². The quantitative estimate of drug-likeness (QED) is 0.0491. The number of rotatable bonds is 30. The van der Waals surface area contributed by atoms with Gasteiger partial charge in [0.1, 0.15) is 4.32 Å².